The first-order chi connectivity index (χ1) is 11.4. The molecule has 10 nitrogen and oxygen atoms in total. The number of nitrogens with one attached hydrogen (secondary N) is 4. The highest BCUT2D eigenvalue weighted by atomic mass is 32.1. The Hall–Kier alpha value is -2.86. The van der Waals surface area contributed by atoms with Crippen molar-refractivity contribution < 1.29 is 9.47 Å². The van der Waals surface area contributed by atoms with E-state index < -0.39 is 0 Å². The van der Waals surface area contributed by atoms with E-state index in [4.69, 9.17) is 45.4 Å². The van der Waals surface area contributed by atoms with Gasteiger partial charge < -0.3 is 20.9 Å². The van der Waals surface area contributed by atoms with Crippen molar-refractivity contribution in [3.05, 3.63) is 12.1 Å². The number of methoxy groups -OCH3 is 2. The minimum absolute atomic E-state index is 0.0433. The summed E-state index contributed by atoms with van der Waals surface area (Å²) in [5.41, 5.74) is 22.0. The number of ether oxygens (including phenoxy) is 2. The van der Waals surface area contributed by atoms with E-state index in [0.717, 1.165) is 0 Å². The van der Waals surface area contributed by atoms with Crippen LogP contribution in [-0.2, 0) is 0 Å². The van der Waals surface area contributed by atoms with Crippen LogP contribution in [0.15, 0.2) is 12.1 Å². The van der Waals surface area contributed by atoms with Crippen LogP contribution in [0, 0.1) is 0 Å². The number of thiocarbonyl (C=S) groups is 2. The van der Waals surface area contributed by atoms with Crippen LogP contribution in [0.5, 0.6) is 11.5 Å². The Bertz CT molecular complexity index is 785. The lowest BCUT2D eigenvalue weighted by atomic mass is 10.2. The van der Waals surface area contributed by atoms with Crippen LogP contribution < -0.4 is 42.6 Å². The van der Waals surface area contributed by atoms with Gasteiger partial charge in [0.25, 0.3) is 0 Å². The first-order valence-corrected chi connectivity index (χ1v) is 7.33. The molecule has 2 aromatic rings. The van der Waals surface area contributed by atoms with Gasteiger partial charge in [0.15, 0.2) is 27.5 Å². The number of hydrogen-bond acceptors (Lipinski definition) is 8. The molecular formula is C12H16N8O2S2. The molecule has 2 rings (SSSR count). The zero-order valence-electron chi connectivity index (χ0n) is 12.8. The lowest BCUT2D eigenvalue weighted by molar-refractivity contribution is 0.356. The molecule has 0 aliphatic carbocycles. The van der Waals surface area contributed by atoms with E-state index in [9.17, 15) is 0 Å². The SMILES string of the molecule is COc1cc2nc(NNC(N)=S)nc(NNC(N)=S)c2cc1OC. The monoisotopic (exact) mass is 368 g/mol. The highest BCUT2D eigenvalue weighted by Gasteiger charge is 2.13. The number of nitrogens with zero attached hydrogens (tertiary/aromatic N) is 2. The van der Waals surface area contributed by atoms with Gasteiger partial charge in [0.05, 0.1) is 19.7 Å². The summed E-state index contributed by atoms with van der Waals surface area (Å²) >= 11 is 9.51. The molecule has 0 spiro atoms. The highest BCUT2D eigenvalue weighted by molar-refractivity contribution is 7.80. The summed E-state index contributed by atoms with van der Waals surface area (Å²) in [5.74, 6) is 1.66. The number of aromatic nitrogens is 2. The Kier molecular flexibility index (Phi) is 5.55. The van der Waals surface area contributed by atoms with E-state index in [1.54, 1.807) is 12.1 Å². The molecule has 0 saturated heterocycles. The van der Waals surface area contributed by atoms with Crippen LogP contribution in [0.1, 0.15) is 0 Å². The lowest BCUT2D eigenvalue weighted by Gasteiger charge is -2.15. The lowest BCUT2D eigenvalue weighted by Crippen LogP contribution is -2.36. The maximum Gasteiger partial charge on any atom is 0.244 e. The van der Waals surface area contributed by atoms with E-state index in [1.165, 1.54) is 14.2 Å². The minimum atomic E-state index is 0.0433. The van der Waals surface area contributed by atoms with Crippen LogP contribution >= 0.6 is 24.4 Å². The highest BCUT2D eigenvalue weighted by Crippen LogP contribution is 2.34. The molecule has 128 valence electrons. The number of nitrogens with two attached hydrogens (primary N) is 2. The first-order valence-electron chi connectivity index (χ1n) is 6.51. The molecule has 0 unspecified atom stereocenters. The minimum Gasteiger partial charge on any atom is -0.493 e. The second-order valence-electron chi connectivity index (χ2n) is 4.35. The molecule has 0 bridgehead atoms. The van der Waals surface area contributed by atoms with Gasteiger partial charge in [-0.1, -0.05) is 0 Å². The van der Waals surface area contributed by atoms with E-state index in [-0.39, 0.29) is 16.2 Å². The Balaban J connectivity index is 2.53. The van der Waals surface area contributed by atoms with Gasteiger partial charge in [0.1, 0.15) is 0 Å². The molecule has 1 aromatic carbocycles. The molecule has 8 N–H and O–H groups in total. The van der Waals surface area contributed by atoms with Gasteiger partial charge in [-0.25, -0.2) is 4.98 Å². The van der Waals surface area contributed by atoms with E-state index in [0.29, 0.717) is 28.2 Å². The first kappa shape index (κ1) is 17.5. The topological polar surface area (TPSA) is 144 Å². The van der Waals surface area contributed by atoms with Crippen molar-refractivity contribution in [1.29, 1.82) is 0 Å². The van der Waals surface area contributed by atoms with Gasteiger partial charge in [-0.3, -0.25) is 21.7 Å². The number of anilines is 2. The summed E-state index contributed by atoms with van der Waals surface area (Å²) in [7, 11) is 3.07. The molecule has 1 heterocycles. The van der Waals surface area contributed by atoms with Crippen molar-refractivity contribution in [3.63, 3.8) is 0 Å². The van der Waals surface area contributed by atoms with Crippen LogP contribution in [0.3, 0.4) is 0 Å². The van der Waals surface area contributed by atoms with Crippen molar-refractivity contribution >= 4 is 57.3 Å². The Labute approximate surface area is 148 Å². The number of hydrazine groups is 2. The normalized spacial score (nSPS) is 9.92. The maximum absolute atomic E-state index is 5.43. The number of rotatable bonds is 6. The predicted octanol–water partition coefficient (Wildman–Crippen LogP) is -0.0328. The number of hydrogen-bond donors (Lipinski definition) is 6. The van der Waals surface area contributed by atoms with Crippen LogP contribution in [0.25, 0.3) is 10.9 Å². The molecular weight excluding hydrogens is 352 g/mol. The van der Waals surface area contributed by atoms with E-state index in [2.05, 4.69) is 31.7 Å². The largest absolute Gasteiger partial charge is 0.493 e. The molecule has 12 heteroatoms. The number of benzene rings is 1. The van der Waals surface area contributed by atoms with Crippen molar-refractivity contribution in [3.8, 4) is 11.5 Å². The summed E-state index contributed by atoms with van der Waals surface area (Å²) in [6, 6.07) is 3.43. The fourth-order valence-electron chi connectivity index (χ4n) is 1.85. The fraction of sp³-hybridized carbons (Fsp3) is 0.167. The smallest absolute Gasteiger partial charge is 0.244 e. The summed E-state index contributed by atoms with van der Waals surface area (Å²) in [6.45, 7) is 0. The van der Waals surface area contributed by atoms with Gasteiger partial charge in [-0.15, -0.1) is 0 Å². The molecule has 0 radical (unpaired) electrons. The van der Waals surface area contributed by atoms with Crippen molar-refractivity contribution in [2.24, 2.45) is 11.5 Å². The second kappa shape index (κ2) is 7.61. The zero-order valence-corrected chi connectivity index (χ0v) is 14.5. The maximum atomic E-state index is 5.43. The molecule has 0 atom stereocenters. The third kappa shape index (κ3) is 4.11. The van der Waals surface area contributed by atoms with Crippen LogP contribution in [-0.4, -0.2) is 34.4 Å². The van der Waals surface area contributed by atoms with Gasteiger partial charge in [-0.2, -0.15) is 4.98 Å². The van der Waals surface area contributed by atoms with Crippen molar-refractivity contribution in [1.82, 2.24) is 20.8 Å². The van der Waals surface area contributed by atoms with Crippen molar-refractivity contribution in [2.45, 2.75) is 0 Å². The molecule has 0 amide bonds. The average Bonchev–Trinajstić information content (AvgIpc) is 2.56. The van der Waals surface area contributed by atoms with E-state index in [1.807, 2.05) is 0 Å². The third-order valence-corrected chi connectivity index (χ3v) is 3.01. The Morgan fingerprint density at radius 1 is 0.958 bits per heavy atom. The average molecular weight is 368 g/mol. The third-order valence-electron chi connectivity index (χ3n) is 2.80. The van der Waals surface area contributed by atoms with Crippen LogP contribution in [0.4, 0.5) is 11.8 Å². The Morgan fingerprint density at radius 3 is 2.12 bits per heavy atom. The second-order valence-corrected chi connectivity index (χ2v) is 5.23. The summed E-state index contributed by atoms with van der Waals surface area (Å²) in [5, 5.41) is 0.747. The molecule has 0 fully saturated rings. The molecule has 0 saturated carbocycles. The van der Waals surface area contributed by atoms with Gasteiger partial charge in [0.2, 0.25) is 5.95 Å². The fourth-order valence-corrected chi connectivity index (χ4v) is 1.95. The van der Waals surface area contributed by atoms with E-state index >= 15 is 0 Å². The van der Waals surface area contributed by atoms with Gasteiger partial charge in [-0.05, 0) is 30.5 Å². The molecule has 0 aliphatic heterocycles. The summed E-state index contributed by atoms with van der Waals surface area (Å²) in [4.78, 5) is 8.64. The molecule has 1 aromatic heterocycles. The molecule has 0 aliphatic rings. The standard InChI is InChI=1S/C12H16N8O2S2/c1-21-7-3-5-6(4-8(7)22-2)15-12(20-19-11(14)24)16-9(5)17-18-10(13)23/h3-4H,1-2H3,(H3,13,18,23)(H3,14,19,24)(H2,15,16,17,20). The molecule has 24 heavy (non-hydrogen) atoms. The predicted molar refractivity (Wildman–Crippen MR) is 99.7 cm³/mol. The number of fused-ring (bicyclic) bond motifs is 1. The summed E-state index contributed by atoms with van der Waals surface area (Å²) < 4.78 is 10.6. The Morgan fingerprint density at radius 2 is 1.54 bits per heavy atom. The quantitative estimate of drug-likeness (QED) is 0.301. The van der Waals surface area contributed by atoms with Gasteiger partial charge >= 0.3 is 0 Å². The summed E-state index contributed by atoms with van der Waals surface area (Å²) in [6.07, 6.45) is 0. The van der Waals surface area contributed by atoms with Crippen molar-refractivity contribution in [2.75, 3.05) is 25.1 Å². The van der Waals surface area contributed by atoms with Gasteiger partial charge in [0, 0.05) is 11.5 Å². The zero-order chi connectivity index (χ0) is 17.7. The van der Waals surface area contributed by atoms with Crippen LogP contribution in [0.2, 0.25) is 0 Å².